The molecule has 1 atom stereocenters. The van der Waals surface area contributed by atoms with Gasteiger partial charge in [-0.05, 0) is 30.0 Å². The summed E-state index contributed by atoms with van der Waals surface area (Å²) in [6, 6.07) is 0.390. The van der Waals surface area contributed by atoms with Crippen LogP contribution in [0.3, 0.4) is 0 Å². The van der Waals surface area contributed by atoms with Crippen molar-refractivity contribution in [2.45, 2.75) is 38.6 Å². The number of nitrogens with one attached hydrogen (secondary N) is 1. The Bertz CT molecular complexity index is 564. The van der Waals surface area contributed by atoms with Crippen LogP contribution in [0.25, 0.3) is 0 Å². The van der Waals surface area contributed by atoms with Crippen molar-refractivity contribution in [1.29, 1.82) is 0 Å². The van der Waals surface area contributed by atoms with Crippen molar-refractivity contribution in [2.24, 2.45) is 0 Å². The standard InChI is InChI=1S/C15H25BrN4O/c1-15(2,3)13-12(16)14(21)18-11(17-13)8-10-9-19(4)6-7-20(10)5/h10H,6-9H2,1-5H3,(H,17,18,21). The molecular weight excluding hydrogens is 332 g/mol. The highest BCUT2D eigenvalue weighted by Gasteiger charge is 2.26. The van der Waals surface area contributed by atoms with Crippen LogP contribution in [0.1, 0.15) is 32.3 Å². The highest BCUT2D eigenvalue weighted by Crippen LogP contribution is 2.25. The number of nitrogens with zero attached hydrogens (tertiary/aromatic N) is 3. The molecule has 1 unspecified atom stereocenters. The molecule has 0 aromatic carbocycles. The summed E-state index contributed by atoms with van der Waals surface area (Å²) in [4.78, 5) is 24.4. The van der Waals surface area contributed by atoms with E-state index in [1.165, 1.54) is 0 Å². The molecule has 118 valence electrons. The van der Waals surface area contributed by atoms with E-state index in [4.69, 9.17) is 4.98 Å². The zero-order valence-corrected chi connectivity index (χ0v) is 15.1. The first-order chi connectivity index (χ1) is 9.68. The molecule has 2 rings (SSSR count). The first-order valence-corrected chi connectivity index (χ1v) is 8.15. The number of rotatable bonds is 2. The summed E-state index contributed by atoms with van der Waals surface area (Å²) < 4.78 is 0.549. The number of piperazine rings is 1. The number of likely N-dealkylation sites (N-methyl/N-ethyl adjacent to an activating group) is 2. The first kappa shape index (κ1) is 16.6. The molecule has 0 bridgehead atoms. The minimum absolute atomic E-state index is 0.0863. The summed E-state index contributed by atoms with van der Waals surface area (Å²) in [5.41, 5.74) is 0.585. The van der Waals surface area contributed by atoms with E-state index >= 15 is 0 Å². The zero-order chi connectivity index (χ0) is 15.8. The SMILES string of the molecule is CN1CCN(C)C(Cc2nc(C(C)(C)C)c(Br)c(=O)[nH]2)C1. The van der Waals surface area contributed by atoms with Gasteiger partial charge in [-0.1, -0.05) is 20.8 Å². The molecule has 1 N–H and O–H groups in total. The van der Waals surface area contributed by atoms with E-state index in [2.05, 4.69) is 65.6 Å². The number of aromatic nitrogens is 2. The van der Waals surface area contributed by atoms with Crippen molar-refractivity contribution in [1.82, 2.24) is 19.8 Å². The third kappa shape index (κ3) is 3.93. The van der Waals surface area contributed by atoms with Gasteiger partial charge in [0.25, 0.3) is 5.56 Å². The third-order valence-corrected chi connectivity index (χ3v) is 4.77. The van der Waals surface area contributed by atoms with E-state index in [-0.39, 0.29) is 11.0 Å². The second-order valence-electron chi connectivity index (χ2n) is 7.03. The summed E-state index contributed by atoms with van der Waals surface area (Å²) in [6.07, 6.45) is 0.770. The number of hydrogen-bond acceptors (Lipinski definition) is 4. The molecule has 1 fully saturated rings. The van der Waals surface area contributed by atoms with Crippen LogP contribution in [-0.4, -0.2) is 59.5 Å². The maximum absolute atomic E-state index is 12.1. The lowest BCUT2D eigenvalue weighted by molar-refractivity contribution is 0.113. The predicted octanol–water partition coefficient (Wildman–Crippen LogP) is 1.62. The minimum atomic E-state index is -0.156. The fraction of sp³-hybridized carbons (Fsp3) is 0.733. The molecule has 2 heterocycles. The number of H-pyrrole nitrogens is 1. The van der Waals surface area contributed by atoms with Gasteiger partial charge in [-0.15, -0.1) is 0 Å². The van der Waals surface area contributed by atoms with Crippen LogP contribution >= 0.6 is 15.9 Å². The van der Waals surface area contributed by atoms with Crippen molar-refractivity contribution in [3.63, 3.8) is 0 Å². The lowest BCUT2D eigenvalue weighted by Crippen LogP contribution is -2.51. The van der Waals surface area contributed by atoms with Gasteiger partial charge in [-0.25, -0.2) is 4.98 Å². The number of hydrogen-bond donors (Lipinski definition) is 1. The largest absolute Gasteiger partial charge is 0.310 e. The molecule has 1 aliphatic heterocycles. The third-order valence-electron chi connectivity index (χ3n) is 4.03. The average molecular weight is 357 g/mol. The van der Waals surface area contributed by atoms with Crippen molar-refractivity contribution < 1.29 is 0 Å². The molecule has 21 heavy (non-hydrogen) atoms. The summed E-state index contributed by atoms with van der Waals surface area (Å²) >= 11 is 3.37. The van der Waals surface area contributed by atoms with Gasteiger partial charge >= 0.3 is 0 Å². The molecule has 0 amide bonds. The van der Waals surface area contributed by atoms with Gasteiger partial charge in [0.2, 0.25) is 0 Å². The molecule has 0 aliphatic carbocycles. The van der Waals surface area contributed by atoms with Gasteiger partial charge < -0.3 is 14.8 Å². The normalized spacial score (nSPS) is 21.7. The lowest BCUT2D eigenvalue weighted by atomic mass is 9.92. The van der Waals surface area contributed by atoms with Crippen LogP contribution < -0.4 is 5.56 Å². The van der Waals surface area contributed by atoms with Gasteiger partial charge in [-0.2, -0.15) is 0 Å². The summed E-state index contributed by atoms with van der Waals surface area (Å²) in [5.74, 6) is 0.778. The molecule has 6 heteroatoms. The van der Waals surface area contributed by atoms with Gasteiger partial charge in [-0.3, -0.25) is 4.79 Å². The Balaban J connectivity index is 2.28. The van der Waals surface area contributed by atoms with E-state index in [0.29, 0.717) is 10.5 Å². The van der Waals surface area contributed by atoms with Crippen LogP contribution in [0, 0.1) is 0 Å². The zero-order valence-electron chi connectivity index (χ0n) is 13.5. The first-order valence-electron chi connectivity index (χ1n) is 7.36. The molecule has 1 aromatic rings. The van der Waals surface area contributed by atoms with Crippen LogP contribution in [0.4, 0.5) is 0 Å². The fourth-order valence-corrected chi connectivity index (χ4v) is 3.43. The molecule has 0 saturated carbocycles. The number of aromatic amines is 1. The van der Waals surface area contributed by atoms with E-state index in [1.54, 1.807) is 0 Å². The summed E-state index contributed by atoms with van der Waals surface area (Å²) in [6.45, 7) is 9.36. The quantitative estimate of drug-likeness (QED) is 0.874. The molecule has 0 radical (unpaired) electrons. The van der Waals surface area contributed by atoms with Crippen LogP contribution in [0.5, 0.6) is 0 Å². The fourth-order valence-electron chi connectivity index (χ4n) is 2.64. The molecule has 1 saturated heterocycles. The van der Waals surface area contributed by atoms with E-state index in [1.807, 2.05) is 0 Å². The molecule has 0 spiro atoms. The molecule has 1 aromatic heterocycles. The topological polar surface area (TPSA) is 52.2 Å². The van der Waals surface area contributed by atoms with Gasteiger partial charge in [0, 0.05) is 37.5 Å². The number of halogens is 1. The van der Waals surface area contributed by atoms with Crippen LogP contribution in [0.15, 0.2) is 9.27 Å². The predicted molar refractivity (Wildman–Crippen MR) is 88.9 cm³/mol. The van der Waals surface area contributed by atoms with Crippen LogP contribution in [0.2, 0.25) is 0 Å². The van der Waals surface area contributed by atoms with Gasteiger partial charge in [0.1, 0.15) is 10.3 Å². The van der Waals surface area contributed by atoms with Crippen molar-refractivity contribution >= 4 is 15.9 Å². The van der Waals surface area contributed by atoms with E-state index < -0.39 is 0 Å². The highest BCUT2D eigenvalue weighted by atomic mass is 79.9. The van der Waals surface area contributed by atoms with E-state index in [0.717, 1.165) is 37.6 Å². The average Bonchev–Trinajstić information content (AvgIpc) is 2.36. The molecule has 1 aliphatic rings. The Morgan fingerprint density at radius 3 is 2.62 bits per heavy atom. The monoisotopic (exact) mass is 356 g/mol. The van der Waals surface area contributed by atoms with Gasteiger partial charge in [0.05, 0.1) is 5.69 Å². The highest BCUT2D eigenvalue weighted by molar-refractivity contribution is 9.10. The van der Waals surface area contributed by atoms with Gasteiger partial charge in [0.15, 0.2) is 0 Å². The Kier molecular flexibility index (Phi) is 4.90. The molecule has 5 nitrogen and oxygen atoms in total. The van der Waals surface area contributed by atoms with Crippen molar-refractivity contribution in [3.8, 4) is 0 Å². The smallest absolute Gasteiger partial charge is 0.265 e. The summed E-state index contributed by atoms with van der Waals surface area (Å²) in [7, 11) is 4.28. The van der Waals surface area contributed by atoms with Crippen LogP contribution in [-0.2, 0) is 11.8 Å². The Hall–Kier alpha value is -0.720. The summed E-state index contributed by atoms with van der Waals surface area (Å²) in [5, 5.41) is 0. The maximum atomic E-state index is 12.1. The minimum Gasteiger partial charge on any atom is -0.310 e. The van der Waals surface area contributed by atoms with E-state index in [9.17, 15) is 4.79 Å². The Labute approximate surface area is 134 Å². The molecular formula is C15H25BrN4O. The van der Waals surface area contributed by atoms with Crippen molar-refractivity contribution in [3.05, 3.63) is 26.3 Å². The Morgan fingerprint density at radius 2 is 2.00 bits per heavy atom. The maximum Gasteiger partial charge on any atom is 0.265 e. The van der Waals surface area contributed by atoms with Crippen molar-refractivity contribution in [2.75, 3.05) is 33.7 Å². The second kappa shape index (κ2) is 6.18. The second-order valence-corrected chi connectivity index (χ2v) is 7.82. The Morgan fingerprint density at radius 1 is 1.33 bits per heavy atom. The lowest BCUT2D eigenvalue weighted by Gasteiger charge is -2.37.